The molecule has 0 unspecified atom stereocenters. The molecule has 0 spiro atoms. The van der Waals surface area contributed by atoms with Crippen molar-refractivity contribution >= 4 is 10.8 Å². The minimum Gasteiger partial charge on any atom is -0.507 e. The van der Waals surface area contributed by atoms with Crippen LogP contribution in [0.3, 0.4) is 0 Å². The molecule has 0 amide bonds. The van der Waals surface area contributed by atoms with Gasteiger partial charge in [-0.25, -0.2) is 0 Å². The number of phenolic OH excluding ortho intramolecular Hbond substituents is 1. The molecule has 1 N–H and O–H groups in total. The van der Waals surface area contributed by atoms with Gasteiger partial charge >= 0.3 is 0 Å². The van der Waals surface area contributed by atoms with Gasteiger partial charge in [-0.1, -0.05) is 42.5 Å². The Morgan fingerprint density at radius 3 is 2.25 bits per heavy atom. The van der Waals surface area contributed by atoms with E-state index >= 15 is 0 Å². The zero-order valence-electron chi connectivity index (χ0n) is 11.6. The minimum absolute atomic E-state index is 0.302. The Bertz CT molecular complexity index is 775. The van der Waals surface area contributed by atoms with Crippen molar-refractivity contribution < 1.29 is 9.84 Å². The van der Waals surface area contributed by atoms with Crippen LogP contribution in [-0.2, 0) is 0 Å². The highest BCUT2D eigenvalue weighted by Crippen LogP contribution is 2.41. The Balaban J connectivity index is 2.35. The number of phenols is 1. The number of fused-ring (bicyclic) bond motifs is 1. The summed E-state index contributed by atoms with van der Waals surface area (Å²) < 4.78 is 5.40. The van der Waals surface area contributed by atoms with E-state index in [1.165, 1.54) is 0 Å². The zero-order chi connectivity index (χ0) is 14.1. The second-order valence-corrected chi connectivity index (χ2v) is 4.84. The SMILES string of the molecule is COc1ccccc1-c1cc(C)c2ccccc2c1O. The maximum atomic E-state index is 10.6. The van der Waals surface area contributed by atoms with Crippen LogP contribution in [0.1, 0.15) is 5.56 Å². The molecular formula is C18H16O2. The van der Waals surface area contributed by atoms with Crippen LogP contribution in [0.25, 0.3) is 21.9 Å². The molecule has 3 aromatic carbocycles. The maximum absolute atomic E-state index is 10.6. The normalized spacial score (nSPS) is 10.7. The topological polar surface area (TPSA) is 29.5 Å². The quantitative estimate of drug-likeness (QED) is 0.737. The Kier molecular flexibility index (Phi) is 3.07. The first-order valence-electron chi connectivity index (χ1n) is 6.57. The van der Waals surface area contributed by atoms with E-state index in [1.54, 1.807) is 7.11 Å². The van der Waals surface area contributed by atoms with Crippen molar-refractivity contribution in [1.82, 2.24) is 0 Å². The van der Waals surface area contributed by atoms with E-state index in [9.17, 15) is 5.11 Å². The van der Waals surface area contributed by atoms with Crippen molar-refractivity contribution in [2.24, 2.45) is 0 Å². The smallest absolute Gasteiger partial charge is 0.131 e. The van der Waals surface area contributed by atoms with Crippen LogP contribution in [0.15, 0.2) is 54.6 Å². The molecule has 100 valence electrons. The first-order chi connectivity index (χ1) is 9.72. The molecule has 0 aliphatic carbocycles. The van der Waals surface area contributed by atoms with Gasteiger partial charge in [-0.15, -0.1) is 0 Å². The van der Waals surface area contributed by atoms with E-state index < -0.39 is 0 Å². The highest BCUT2D eigenvalue weighted by molar-refractivity contribution is 5.97. The molecule has 0 saturated heterocycles. The summed E-state index contributed by atoms with van der Waals surface area (Å²) >= 11 is 0. The fraction of sp³-hybridized carbons (Fsp3) is 0.111. The molecule has 0 fully saturated rings. The highest BCUT2D eigenvalue weighted by Gasteiger charge is 2.13. The van der Waals surface area contributed by atoms with E-state index in [0.29, 0.717) is 5.75 Å². The molecular weight excluding hydrogens is 248 g/mol. The first-order valence-corrected chi connectivity index (χ1v) is 6.57. The minimum atomic E-state index is 0.302. The standard InChI is InChI=1S/C18H16O2/c1-12-11-16(14-8-5-6-10-17(14)20-2)18(19)15-9-4-3-7-13(12)15/h3-11,19H,1-2H3. The first kappa shape index (κ1) is 12.5. The van der Waals surface area contributed by atoms with Crippen LogP contribution in [0.5, 0.6) is 11.5 Å². The lowest BCUT2D eigenvalue weighted by atomic mass is 9.95. The van der Waals surface area contributed by atoms with E-state index in [4.69, 9.17) is 4.74 Å². The lowest BCUT2D eigenvalue weighted by molar-refractivity contribution is 0.416. The molecule has 3 rings (SSSR count). The van der Waals surface area contributed by atoms with Gasteiger partial charge in [-0.3, -0.25) is 0 Å². The van der Waals surface area contributed by atoms with Crippen LogP contribution in [0.2, 0.25) is 0 Å². The van der Waals surface area contributed by atoms with Crippen LogP contribution in [-0.4, -0.2) is 12.2 Å². The molecule has 3 aromatic rings. The number of ether oxygens (including phenoxy) is 1. The van der Waals surface area contributed by atoms with Crippen molar-refractivity contribution in [1.29, 1.82) is 0 Å². The van der Waals surface area contributed by atoms with Gasteiger partial charge in [0.25, 0.3) is 0 Å². The van der Waals surface area contributed by atoms with Crippen molar-refractivity contribution in [3.63, 3.8) is 0 Å². The van der Waals surface area contributed by atoms with Crippen LogP contribution >= 0.6 is 0 Å². The molecule has 0 aromatic heterocycles. The van der Waals surface area contributed by atoms with Gasteiger partial charge in [-0.2, -0.15) is 0 Å². The number of rotatable bonds is 2. The summed E-state index contributed by atoms with van der Waals surface area (Å²) in [7, 11) is 1.64. The molecule has 0 atom stereocenters. The number of para-hydroxylation sites is 1. The predicted octanol–water partition coefficient (Wildman–Crippen LogP) is 4.53. The second-order valence-electron chi connectivity index (χ2n) is 4.84. The predicted molar refractivity (Wildman–Crippen MR) is 82.3 cm³/mol. The fourth-order valence-corrected chi connectivity index (χ4v) is 2.61. The van der Waals surface area contributed by atoms with Gasteiger partial charge in [0.15, 0.2) is 0 Å². The Morgan fingerprint density at radius 2 is 1.50 bits per heavy atom. The molecule has 0 aliphatic rings. The summed E-state index contributed by atoms with van der Waals surface area (Å²) in [6.45, 7) is 2.06. The maximum Gasteiger partial charge on any atom is 0.131 e. The van der Waals surface area contributed by atoms with E-state index in [-0.39, 0.29) is 0 Å². The second kappa shape index (κ2) is 4.89. The van der Waals surface area contributed by atoms with Crippen LogP contribution in [0.4, 0.5) is 0 Å². The largest absolute Gasteiger partial charge is 0.507 e. The van der Waals surface area contributed by atoms with Gasteiger partial charge in [0.2, 0.25) is 0 Å². The van der Waals surface area contributed by atoms with Gasteiger partial charge in [0, 0.05) is 16.5 Å². The lowest BCUT2D eigenvalue weighted by Crippen LogP contribution is -1.90. The van der Waals surface area contributed by atoms with Gasteiger partial charge in [0.05, 0.1) is 7.11 Å². The summed E-state index contributed by atoms with van der Waals surface area (Å²) in [4.78, 5) is 0. The van der Waals surface area contributed by atoms with E-state index in [2.05, 4.69) is 6.92 Å². The summed E-state index contributed by atoms with van der Waals surface area (Å²) in [5.41, 5.74) is 2.85. The Labute approximate surface area is 118 Å². The molecule has 0 bridgehead atoms. The molecule has 20 heavy (non-hydrogen) atoms. The number of hydrogen-bond donors (Lipinski definition) is 1. The average molecular weight is 264 g/mol. The summed E-state index contributed by atoms with van der Waals surface area (Å²) in [5, 5.41) is 12.5. The number of methoxy groups -OCH3 is 1. The van der Waals surface area contributed by atoms with Crippen LogP contribution < -0.4 is 4.74 Å². The van der Waals surface area contributed by atoms with Crippen molar-refractivity contribution in [3.8, 4) is 22.6 Å². The zero-order valence-corrected chi connectivity index (χ0v) is 11.6. The number of hydrogen-bond acceptors (Lipinski definition) is 2. The third kappa shape index (κ3) is 1.90. The molecule has 0 saturated carbocycles. The molecule has 0 heterocycles. The van der Waals surface area contributed by atoms with Crippen molar-refractivity contribution in [3.05, 3.63) is 60.2 Å². The fourth-order valence-electron chi connectivity index (χ4n) is 2.61. The Hall–Kier alpha value is -2.48. The summed E-state index contributed by atoms with van der Waals surface area (Å²) in [6, 6.07) is 17.6. The van der Waals surface area contributed by atoms with Crippen molar-refractivity contribution in [2.45, 2.75) is 6.92 Å². The summed E-state index contributed by atoms with van der Waals surface area (Å²) in [5.74, 6) is 1.06. The van der Waals surface area contributed by atoms with Crippen LogP contribution in [0, 0.1) is 6.92 Å². The Morgan fingerprint density at radius 1 is 0.850 bits per heavy atom. The summed E-state index contributed by atoms with van der Waals surface area (Å²) in [6.07, 6.45) is 0. The molecule has 0 aliphatic heterocycles. The number of benzene rings is 3. The monoisotopic (exact) mass is 264 g/mol. The molecule has 0 radical (unpaired) electrons. The number of aryl methyl sites for hydroxylation is 1. The molecule has 2 heteroatoms. The van der Waals surface area contributed by atoms with Gasteiger partial charge in [0.1, 0.15) is 11.5 Å². The lowest BCUT2D eigenvalue weighted by Gasteiger charge is -2.13. The van der Waals surface area contributed by atoms with E-state index in [1.807, 2.05) is 54.6 Å². The van der Waals surface area contributed by atoms with Crippen molar-refractivity contribution in [2.75, 3.05) is 7.11 Å². The van der Waals surface area contributed by atoms with Gasteiger partial charge < -0.3 is 9.84 Å². The third-order valence-corrected chi connectivity index (χ3v) is 3.62. The highest BCUT2D eigenvalue weighted by atomic mass is 16.5. The van der Waals surface area contributed by atoms with Gasteiger partial charge in [-0.05, 0) is 30.0 Å². The number of aromatic hydroxyl groups is 1. The van der Waals surface area contributed by atoms with E-state index in [0.717, 1.165) is 33.2 Å². The third-order valence-electron chi connectivity index (χ3n) is 3.62. The average Bonchev–Trinajstić information content (AvgIpc) is 2.51. The molecule has 2 nitrogen and oxygen atoms in total.